The molecule has 21 heavy (non-hydrogen) atoms. The Kier molecular flexibility index (Phi) is 4.75. The van der Waals surface area contributed by atoms with E-state index in [-0.39, 0.29) is 18.2 Å². The van der Waals surface area contributed by atoms with Gasteiger partial charge in [0.15, 0.2) is 0 Å². The van der Waals surface area contributed by atoms with Crippen LogP contribution in [0.5, 0.6) is 0 Å². The molecule has 8 heteroatoms. The molecule has 1 amide bonds. The minimum Gasteiger partial charge on any atom is -0.375 e. The molecule has 0 bridgehead atoms. The Bertz CT molecular complexity index is 646. The fraction of sp³-hybridized carbons (Fsp3) is 0.462. The standard InChI is InChI=1S/C13H18ClN3O3S/c1-16(2)13-10(14)5-3-6-11(13)15-12(18)9-17-7-4-8-21(17,19)20/h3,5-6H,4,7-9H2,1-2H3,(H,15,18). The average molecular weight is 332 g/mol. The van der Waals surface area contributed by atoms with Gasteiger partial charge in [-0.3, -0.25) is 4.79 Å². The van der Waals surface area contributed by atoms with Gasteiger partial charge in [0.1, 0.15) is 0 Å². The summed E-state index contributed by atoms with van der Waals surface area (Å²) in [5, 5.41) is 3.25. The highest BCUT2D eigenvalue weighted by atomic mass is 35.5. The minimum atomic E-state index is -3.27. The van der Waals surface area contributed by atoms with E-state index in [2.05, 4.69) is 5.32 Å². The van der Waals surface area contributed by atoms with Crippen LogP contribution in [0, 0.1) is 0 Å². The third-order valence-electron chi connectivity index (χ3n) is 3.23. The summed E-state index contributed by atoms with van der Waals surface area (Å²) >= 11 is 6.12. The van der Waals surface area contributed by atoms with Crippen molar-refractivity contribution in [2.75, 3.05) is 43.2 Å². The molecule has 0 saturated carbocycles. The van der Waals surface area contributed by atoms with Crippen molar-refractivity contribution in [2.24, 2.45) is 0 Å². The van der Waals surface area contributed by atoms with Crippen molar-refractivity contribution >= 4 is 38.9 Å². The van der Waals surface area contributed by atoms with Crippen LogP contribution >= 0.6 is 11.6 Å². The SMILES string of the molecule is CN(C)c1c(Cl)cccc1NC(=O)CN1CCCS1(=O)=O. The van der Waals surface area contributed by atoms with Crippen molar-refractivity contribution in [3.8, 4) is 0 Å². The topological polar surface area (TPSA) is 69.7 Å². The number of halogens is 1. The fourth-order valence-corrected chi connectivity index (χ4v) is 4.11. The van der Waals surface area contributed by atoms with Crippen LogP contribution in [0.4, 0.5) is 11.4 Å². The van der Waals surface area contributed by atoms with Gasteiger partial charge < -0.3 is 10.2 Å². The molecule has 0 spiro atoms. The Labute approximate surface area is 129 Å². The molecule has 6 nitrogen and oxygen atoms in total. The third-order valence-corrected chi connectivity index (χ3v) is 5.44. The van der Waals surface area contributed by atoms with Crippen molar-refractivity contribution in [3.63, 3.8) is 0 Å². The van der Waals surface area contributed by atoms with Gasteiger partial charge in [0.2, 0.25) is 15.9 Å². The Morgan fingerprint density at radius 1 is 1.43 bits per heavy atom. The summed E-state index contributed by atoms with van der Waals surface area (Å²) in [6, 6.07) is 5.20. The highest BCUT2D eigenvalue weighted by Crippen LogP contribution is 2.32. The normalized spacial score (nSPS) is 17.7. The average Bonchev–Trinajstić information content (AvgIpc) is 2.68. The molecule has 1 aromatic carbocycles. The molecule has 1 N–H and O–H groups in total. The van der Waals surface area contributed by atoms with E-state index >= 15 is 0 Å². The molecule has 2 rings (SSSR count). The highest BCUT2D eigenvalue weighted by molar-refractivity contribution is 7.89. The van der Waals surface area contributed by atoms with E-state index in [0.29, 0.717) is 29.4 Å². The number of para-hydroxylation sites is 1. The lowest BCUT2D eigenvalue weighted by atomic mass is 10.2. The van der Waals surface area contributed by atoms with Gasteiger partial charge in [0.25, 0.3) is 0 Å². The first kappa shape index (κ1) is 16.1. The van der Waals surface area contributed by atoms with Crippen molar-refractivity contribution in [3.05, 3.63) is 23.2 Å². The number of hydrogen-bond donors (Lipinski definition) is 1. The molecule has 0 unspecified atom stereocenters. The van der Waals surface area contributed by atoms with Gasteiger partial charge in [0.05, 0.1) is 28.7 Å². The Balaban J connectivity index is 2.12. The fourth-order valence-electron chi connectivity index (χ4n) is 2.29. The zero-order valence-electron chi connectivity index (χ0n) is 12.0. The number of nitrogens with one attached hydrogen (secondary N) is 1. The van der Waals surface area contributed by atoms with Crippen LogP contribution < -0.4 is 10.2 Å². The predicted octanol–water partition coefficient (Wildman–Crippen LogP) is 1.38. The number of rotatable bonds is 4. The lowest BCUT2D eigenvalue weighted by molar-refractivity contribution is -0.116. The van der Waals surface area contributed by atoms with E-state index in [1.54, 1.807) is 23.1 Å². The number of carbonyl (C=O) groups excluding carboxylic acids is 1. The zero-order valence-corrected chi connectivity index (χ0v) is 13.5. The number of anilines is 2. The first-order chi connectivity index (χ1) is 9.81. The molecular formula is C13H18ClN3O3S. The van der Waals surface area contributed by atoms with Crippen LogP contribution in [-0.2, 0) is 14.8 Å². The maximum atomic E-state index is 12.1. The minimum absolute atomic E-state index is 0.112. The predicted molar refractivity (Wildman–Crippen MR) is 84.4 cm³/mol. The number of amides is 1. The Morgan fingerprint density at radius 3 is 2.71 bits per heavy atom. The molecule has 1 aliphatic heterocycles. The summed E-state index contributed by atoms with van der Waals surface area (Å²) in [6.07, 6.45) is 0.565. The molecular weight excluding hydrogens is 314 g/mol. The first-order valence-corrected chi connectivity index (χ1v) is 8.53. The van der Waals surface area contributed by atoms with E-state index in [4.69, 9.17) is 11.6 Å². The summed E-state index contributed by atoms with van der Waals surface area (Å²) in [4.78, 5) is 13.9. The van der Waals surface area contributed by atoms with Gasteiger partial charge in [-0.15, -0.1) is 0 Å². The van der Waals surface area contributed by atoms with Crippen molar-refractivity contribution in [1.82, 2.24) is 4.31 Å². The van der Waals surface area contributed by atoms with Gasteiger partial charge in [0, 0.05) is 20.6 Å². The van der Waals surface area contributed by atoms with E-state index in [0.717, 1.165) is 0 Å². The number of carbonyl (C=O) groups is 1. The molecule has 0 radical (unpaired) electrons. The monoisotopic (exact) mass is 331 g/mol. The van der Waals surface area contributed by atoms with Crippen molar-refractivity contribution in [2.45, 2.75) is 6.42 Å². The van der Waals surface area contributed by atoms with Crippen LogP contribution in [0.25, 0.3) is 0 Å². The second-order valence-corrected chi connectivity index (χ2v) is 7.58. The highest BCUT2D eigenvalue weighted by Gasteiger charge is 2.30. The second-order valence-electron chi connectivity index (χ2n) is 5.08. The number of sulfonamides is 1. The molecule has 0 aliphatic carbocycles. The van der Waals surface area contributed by atoms with Crippen LogP contribution in [0.15, 0.2) is 18.2 Å². The third kappa shape index (κ3) is 3.66. The zero-order chi connectivity index (χ0) is 15.6. The molecule has 1 aliphatic rings. The molecule has 1 aromatic rings. The summed E-state index contributed by atoms with van der Waals surface area (Å²) in [5.41, 5.74) is 1.26. The van der Waals surface area contributed by atoms with Crippen LogP contribution in [0.2, 0.25) is 5.02 Å². The number of benzene rings is 1. The smallest absolute Gasteiger partial charge is 0.239 e. The van der Waals surface area contributed by atoms with Gasteiger partial charge >= 0.3 is 0 Å². The maximum Gasteiger partial charge on any atom is 0.239 e. The summed E-state index contributed by atoms with van der Waals surface area (Å²) < 4.78 is 24.6. The van der Waals surface area contributed by atoms with Gasteiger partial charge in [-0.2, -0.15) is 4.31 Å². The molecule has 1 fully saturated rings. The van der Waals surface area contributed by atoms with Crippen LogP contribution in [-0.4, -0.2) is 51.6 Å². The number of hydrogen-bond acceptors (Lipinski definition) is 4. The van der Waals surface area contributed by atoms with Crippen LogP contribution in [0.3, 0.4) is 0 Å². The van der Waals surface area contributed by atoms with Crippen molar-refractivity contribution < 1.29 is 13.2 Å². The Morgan fingerprint density at radius 2 is 2.14 bits per heavy atom. The first-order valence-electron chi connectivity index (χ1n) is 6.55. The molecule has 1 saturated heterocycles. The molecule has 0 atom stereocenters. The maximum absolute atomic E-state index is 12.1. The quantitative estimate of drug-likeness (QED) is 0.905. The summed E-state index contributed by atoms with van der Waals surface area (Å²) in [6.45, 7) is 0.230. The molecule has 0 aromatic heterocycles. The van der Waals surface area contributed by atoms with E-state index < -0.39 is 10.0 Å². The lowest BCUT2D eigenvalue weighted by Crippen LogP contribution is -2.34. The van der Waals surface area contributed by atoms with Gasteiger partial charge in [-0.1, -0.05) is 17.7 Å². The lowest BCUT2D eigenvalue weighted by Gasteiger charge is -2.20. The van der Waals surface area contributed by atoms with E-state index in [1.165, 1.54) is 4.31 Å². The van der Waals surface area contributed by atoms with E-state index in [9.17, 15) is 13.2 Å². The largest absolute Gasteiger partial charge is 0.375 e. The number of nitrogens with zero attached hydrogens (tertiary/aromatic N) is 2. The molecule has 116 valence electrons. The Hall–Kier alpha value is -1.31. The molecule has 1 heterocycles. The van der Waals surface area contributed by atoms with E-state index in [1.807, 2.05) is 14.1 Å². The summed E-state index contributed by atoms with van der Waals surface area (Å²) in [5.74, 6) is -0.258. The van der Waals surface area contributed by atoms with Gasteiger partial charge in [-0.05, 0) is 18.6 Å². The van der Waals surface area contributed by atoms with Crippen molar-refractivity contribution in [1.29, 1.82) is 0 Å². The second kappa shape index (κ2) is 6.21. The van der Waals surface area contributed by atoms with Crippen LogP contribution in [0.1, 0.15) is 6.42 Å². The van der Waals surface area contributed by atoms with Gasteiger partial charge in [-0.25, -0.2) is 8.42 Å². The summed E-state index contributed by atoms with van der Waals surface area (Å²) in [7, 11) is 0.369.